The molecule has 1 saturated carbocycles. The first-order chi connectivity index (χ1) is 15.2. The second-order valence-electron chi connectivity index (χ2n) is 9.05. The second kappa shape index (κ2) is 8.48. The first-order valence-corrected chi connectivity index (χ1v) is 11.9. The van der Waals surface area contributed by atoms with Gasteiger partial charge < -0.3 is 15.1 Å². The van der Waals surface area contributed by atoms with Crippen molar-refractivity contribution >= 4 is 23.5 Å². The lowest BCUT2D eigenvalue weighted by molar-refractivity contribution is -0.135. The van der Waals surface area contributed by atoms with Gasteiger partial charge in [-0.3, -0.25) is 9.89 Å². The van der Waals surface area contributed by atoms with Gasteiger partial charge in [-0.1, -0.05) is 0 Å². The van der Waals surface area contributed by atoms with Gasteiger partial charge in [0, 0.05) is 49.4 Å². The van der Waals surface area contributed by atoms with Crippen molar-refractivity contribution in [1.82, 2.24) is 25.1 Å². The number of fused-ring (bicyclic) bond motifs is 1. The van der Waals surface area contributed by atoms with E-state index >= 15 is 0 Å². The maximum atomic E-state index is 12.9. The number of nitrogens with zero attached hydrogens (tertiary/aromatic N) is 5. The van der Waals surface area contributed by atoms with Gasteiger partial charge in [-0.15, -0.1) is 0 Å². The summed E-state index contributed by atoms with van der Waals surface area (Å²) in [6.07, 6.45) is 7.53. The van der Waals surface area contributed by atoms with Gasteiger partial charge in [0.25, 0.3) is 0 Å². The molecule has 1 amide bonds. The number of hydrogen-bond acceptors (Lipinski definition) is 6. The van der Waals surface area contributed by atoms with Crippen molar-refractivity contribution in [3.63, 3.8) is 0 Å². The quantitative estimate of drug-likeness (QED) is 0.709. The molecular weight excluding hydrogens is 390 g/mol. The Hall–Kier alpha value is -2.64. The predicted octanol–water partition coefficient (Wildman–Crippen LogP) is 3.39. The van der Waals surface area contributed by atoms with E-state index in [2.05, 4.69) is 26.5 Å². The third-order valence-electron chi connectivity index (χ3n) is 6.91. The van der Waals surface area contributed by atoms with Crippen LogP contribution >= 0.6 is 0 Å². The Morgan fingerprint density at radius 3 is 2.81 bits per heavy atom. The first-order valence-electron chi connectivity index (χ1n) is 11.9. The van der Waals surface area contributed by atoms with E-state index in [-0.39, 0.29) is 11.8 Å². The molecule has 1 aliphatic heterocycles. The van der Waals surface area contributed by atoms with Gasteiger partial charge in [-0.2, -0.15) is 10.1 Å². The topological polar surface area (TPSA) is 90.0 Å². The predicted molar refractivity (Wildman–Crippen MR) is 121 cm³/mol. The highest BCUT2D eigenvalue weighted by Gasteiger charge is 2.31. The number of carbonyl (C=O) groups excluding carboxylic acids is 1. The number of aromatic nitrogens is 4. The molecule has 1 saturated heterocycles. The van der Waals surface area contributed by atoms with Gasteiger partial charge in [-0.05, 0) is 58.8 Å². The molecule has 2 aromatic heterocycles. The van der Waals surface area contributed by atoms with E-state index in [4.69, 9.17) is 9.97 Å². The lowest BCUT2D eigenvalue weighted by Gasteiger charge is -2.34. The SMILES string of the molecule is CCN(CC)C(=O)C1CCCN(c2nc3c(c(Nc4cc(C5CC5)[nH]n4)n2)CCC3)C1. The van der Waals surface area contributed by atoms with Gasteiger partial charge in [0.05, 0.1) is 11.6 Å². The van der Waals surface area contributed by atoms with E-state index in [9.17, 15) is 4.79 Å². The van der Waals surface area contributed by atoms with E-state index in [1.165, 1.54) is 24.1 Å². The Kier molecular flexibility index (Phi) is 5.54. The van der Waals surface area contributed by atoms with Crippen LogP contribution in [0, 0.1) is 5.92 Å². The van der Waals surface area contributed by atoms with Crippen molar-refractivity contribution < 1.29 is 4.79 Å². The van der Waals surface area contributed by atoms with Crippen molar-refractivity contribution in [3.8, 4) is 0 Å². The number of rotatable bonds is 7. The summed E-state index contributed by atoms with van der Waals surface area (Å²) in [7, 11) is 0. The van der Waals surface area contributed by atoms with Crippen LogP contribution in [0.25, 0.3) is 0 Å². The van der Waals surface area contributed by atoms with E-state index in [0.717, 1.165) is 75.0 Å². The van der Waals surface area contributed by atoms with Crippen molar-refractivity contribution in [3.05, 3.63) is 23.0 Å². The smallest absolute Gasteiger partial charge is 0.227 e. The Morgan fingerprint density at radius 2 is 2.03 bits per heavy atom. The van der Waals surface area contributed by atoms with Crippen LogP contribution in [0.3, 0.4) is 0 Å². The summed E-state index contributed by atoms with van der Waals surface area (Å²) in [6, 6.07) is 2.11. The maximum Gasteiger partial charge on any atom is 0.227 e. The number of aryl methyl sites for hydroxylation is 1. The second-order valence-corrected chi connectivity index (χ2v) is 9.05. The number of aromatic amines is 1. The zero-order chi connectivity index (χ0) is 21.4. The van der Waals surface area contributed by atoms with Gasteiger partial charge >= 0.3 is 0 Å². The molecule has 2 N–H and O–H groups in total. The number of amides is 1. The maximum absolute atomic E-state index is 12.9. The van der Waals surface area contributed by atoms with Crippen molar-refractivity contribution in [1.29, 1.82) is 0 Å². The van der Waals surface area contributed by atoms with Crippen LogP contribution in [0.2, 0.25) is 0 Å². The molecule has 8 nitrogen and oxygen atoms in total. The molecule has 1 unspecified atom stereocenters. The zero-order valence-corrected chi connectivity index (χ0v) is 18.7. The van der Waals surface area contributed by atoms with Gasteiger partial charge in [0.15, 0.2) is 5.82 Å². The fraction of sp³-hybridized carbons (Fsp3) is 0.652. The monoisotopic (exact) mass is 423 g/mol. The fourth-order valence-corrected chi connectivity index (χ4v) is 4.94. The minimum Gasteiger partial charge on any atom is -0.343 e. The molecule has 5 rings (SSSR count). The molecule has 2 aliphatic carbocycles. The molecule has 166 valence electrons. The number of carbonyl (C=O) groups is 1. The van der Waals surface area contributed by atoms with Crippen molar-refractivity contribution in [2.24, 2.45) is 5.92 Å². The Balaban J connectivity index is 1.37. The number of piperidine rings is 1. The highest BCUT2D eigenvalue weighted by molar-refractivity contribution is 5.79. The van der Waals surface area contributed by atoms with Crippen LogP contribution < -0.4 is 10.2 Å². The Labute approximate surface area is 183 Å². The largest absolute Gasteiger partial charge is 0.343 e. The van der Waals surface area contributed by atoms with E-state index < -0.39 is 0 Å². The molecule has 3 aliphatic rings. The summed E-state index contributed by atoms with van der Waals surface area (Å²) < 4.78 is 0. The average Bonchev–Trinajstić information content (AvgIpc) is 3.34. The van der Waals surface area contributed by atoms with Crippen LogP contribution in [0.1, 0.15) is 68.8 Å². The molecule has 8 heteroatoms. The highest BCUT2D eigenvalue weighted by Crippen LogP contribution is 2.40. The summed E-state index contributed by atoms with van der Waals surface area (Å²) in [4.78, 5) is 26.9. The summed E-state index contributed by atoms with van der Waals surface area (Å²) >= 11 is 0. The van der Waals surface area contributed by atoms with Crippen LogP contribution in [0.15, 0.2) is 6.07 Å². The zero-order valence-electron chi connectivity index (χ0n) is 18.7. The normalized spacial score (nSPS) is 20.6. The van der Waals surface area contributed by atoms with E-state index in [0.29, 0.717) is 12.5 Å². The van der Waals surface area contributed by atoms with E-state index in [1.807, 2.05) is 18.7 Å². The molecule has 0 bridgehead atoms. The number of anilines is 3. The van der Waals surface area contributed by atoms with Gasteiger partial charge in [0.2, 0.25) is 11.9 Å². The number of hydrogen-bond donors (Lipinski definition) is 2. The van der Waals surface area contributed by atoms with E-state index in [1.54, 1.807) is 0 Å². The molecule has 3 heterocycles. The number of nitrogens with one attached hydrogen (secondary N) is 2. The molecule has 0 aromatic carbocycles. The standard InChI is InChI=1S/C23H33N7O/c1-3-29(4-2)22(31)16-7-6-12-30(14-16)23-24-18-9-5-8-17(18)21(26-23)25-20-13-19(27-28-20)15-10-11-15/h13,15-16H,3-12,14H2,1-2H3,(H2,24,25,26,27,28). The Bertz CT molecular complexity index is 947. The van der Waals surface area contributed by atoms with Crippen LogP contribution in [0.4, 0.5) is 17.6 Å². The Morgan fingerprint density at radius 1 is 1.19 bits per heavy atom. The lowest BCUT2D eigenvalue weighted by Crippen LogP contribution is -2.45. The summed E-state index contributed by atoms with van der Waals surface area (Å²) in [6.45, 7) is 7.22. The van der Waals surface area contributed by atoms with Gasteiger partial charge in [0.1, 0.15) is 5.82 Å². The molecule has 0 radical (unpaired) electrons. The number of H-pyrrole nitrogens is 1. The molecule has 2 aromatic rings. The first kappa shape index (κ1) is 20.3. The van der Waals surface area contributed by atoms with Crippen LogP contribution in [0.5, 0.6) is 0 Å². The molecule has 0 spiro atoms. The molecule has 2 fully saturated rings. The summed E-state index contributed by atoms with van der Waals surface area (Å²) in [5.41, 5.74) is 3.57. The summed E-state index contributed by atoms with van der Waals surface area (Å²) in [5, 5.41) is 11.1. The molecule has 31 heavy (non-hydrogen) atoms. The average molecular weight is 424 g/mol. The van der Waals surface area contributed by atoms with Crippen LogP contribution in [-0.2, 0) is 17.6 Å². The molecular formula is C23H33N7O. The highest BCUT2D eigenvalue weighted by atomic mass is 16.2. The lowest BCUT2D eigenvalue weighted by atomic mass is 9.96. The minimum absolute atomic E-state index is 0.0226. The van der Waals surface area contributed by atoms with Gasteiger partial charge in [-0.25, -0.2) is 4.98 Å². The third-order valence-corrected chi connectivity index (χ3v) is 6.91. The van der Waals surface area contributed by atoms with Crippen LogP contribution in [-0.4, -0.2) is 57.2 Å². The third kappa shape index (κ3) is 4.12. The minimum atomic E-state index is 0.0226. The van der Waals surface area contributed by atoms with Crippen molar-refractivity contribution in [2.45, 2.75) is 64.7 Å². The molecule has 1 atom stereocenters. The summed E-state index contributed by atoms with van der Waals surface area (Å²) in [5.74, 6) is 3.38. The van der Waals surface area contributed by atoms with Crippen molar-refractivity contribution in [2.75, 3.05) is 36.4 Å². The fourth-order valence-electron chi connectivity index (χ4n) is 4.94.